The van der Waals surface area contributed by atoms with Gasteiger partial charge in [-0.3, -0.25) is 5.43 Å². The molecule has 5 heteroatoms. The number of aromatic nitrogens is 2. The van der Waals surface area contributed by atoms with E-state index in [1.54, 1.807) is 7.11 Å². The van der Waals surface area contributed by atoms with Crippen LogP contribution in [0.3, 0.4) is 0 Å². The van der Waals surface area contributed by atoms with E-state index in [-0.39, 0.29) is 0 Å². The van der Waals surface area contributed by atoms with Gasteiger partial charge in [-0.15, -0.1) is 0 Å². The number of aryl methyl sites for hydroxylation is 2. The number of hydrogen-bond donors (Lipinski definition) is 1. The molecule has 1 aromatic heterocycles. The number of rotatable bonds is 6. The van der Waals surface area contributed by atoms with Crippen LogP contribution >= 0.6 is 0 Å². The third-order valence-electron chi connectivity index (χ3n) is 4.28. The van der Waals surface area contributed by atoms with Gasteiger partial charge in [-0.1, -0.05) is 48.9 Å². The molecule has 5 nitrogen and oxygen atoms in total. The zero-order valence-electron chi connectivity index (χ0n) is 16.2. The minimum absolute atomic E-state index is 0.661. The Bertz CT molecular complexity index is 949. The second kappa shape index (κ2) is 8.45. The molecule has 0 saturated heterocycles. The van der Waals surface area contributed by atoms with Crippen molar-refractivity contribution in [1.82, 2.24) is 9.97 Å². The van der Waals surface area contributed by atoms with Crippen molar-refractivity contribution in [2.45, 2.75) is 27.2 Å². The molecule has 0 aliphatic heterocycles. The van der Waals surface area contributed by atoms with E-state index in [9.17, 15) is 0 Å². The fraction of sp³-hybridized carbons (Fsp3) is 0.227. The molecule has 138 valence electrons. The van der Waals surface area contributed by atoms with Gasteiger partial charge in [0.15, 0.2) is 5.82 Å². The number of nitrogens with zero attached hydrogens (tertiary/aromatic N) is 3. The average Bonchev–Trinajstić information content (AvgIpc) is 2.72. The van der Waals surface area contributed by atoms with E-state index >= 15 is 0 Å². The van der Waals surface area contributed by atoms with Gasteiger partial charge in [-0.05, 0) is 31.5 Å². The van der Waals surface area contributed by atoms with Crippen LogP contribution in [-0.4, -0.2) is 22.8 Å². The molecule has 0 atom stereocenters. The second-order valence-electron chi connectivity index (χ2n) is 6.28. The minimum atomic E-state index is 0.661. The summed E-state index contributed by atoms with van der Waals surface area (Å²) in [7, 11) is 1.66. The molecule has 0 fully saturated rings. The lowest BCUT2D eigenvalue weighted by Crippen LogP contribution is -2.04. The quantitative estimate of drug-likeness (QED) is 0.504. The summed E-state index contributed by atoms with van der Waals surface area (Å²) in [4.78, 5) is 9.19. The van der Waals surface area contributed by atoms with E-state index in [2.05, 4.69) is 51.7 Å². The van der Waals surface area contributed by atoms with Crippen LogP contribution in [0.25, 0.3) is 11.3 Å². The van der Waals surface area contributed by atoms with Crippen LogP contribution in [0.1, 0.15) is 30.8 Å². The van der Waals surface area contributed by atoms with Crippen LogP contribution in [0.15, 0.2) is 59.7 Å². The summed E-state index contributed by atoms with van der Waals surface area (Å²) >= 11 is 0. The van der Waals surface area contributed by atoms with Crippen LogP contribution in [0.4, 0.5) is 5.82 Å². The number of hydrazone groups is 1. The van der Waals surface area contributed by atoms with Crippen LogP contribution in [0, 0.1) is 6.92 Å². The van der Waals surface area contributed by atoms with Crippen molar-refractivity contribution in [3.8, 4) is 17.0 Å². The van der Waals surface area contributed by atoms with E-state index in [0.717, 1.165) is 40.5 Å². The van der Waals surface area contributed by atoms with Crippen LogP contribution in [0.5, 0.6) is 5.75 Å². The lowest BCUT2D eigenvalue weighted by Gasteiger charge is -2.11. The lowest BCUT2D eigenvalue weighted by molar-refractivity contribution is 0.416. The van der Waals surface area contributed by atoms with Crippen molar-refractivity contribution in [3.63, 3.8) is 0 Å². The number of hydrogen-bond acceptors (Lipinski definition) is 5. The molecular weight excluding hydrogens is 336 g/mol. The van der Waals surface area contributed by atoms with Gasteiger partial charge in [-0.2, -0.15) is 5.10 Å². The van der Waals surface area contributed by atoms with Gasteiger partial charge in [-0.25, -0.2) is 9.97 Å². The number of para-hydroxylation sites is 1. The molecule has 27 heavy (non-hydrogen) atoms. The Hall–Kier alpha value is -3.21. The number of benzene rings is 2. The Morgan fingerprint density at radius 2 is 1.81 bits per heavy atom. The van der Waals surface area contributed by atoms with Crippen LogP contribution in [0.2, 0.25) is 0 Å². The van der Waals surface area contributed by atoms with Crippen LogP contribution in [-0.2, 0) is 6.42 Å². The van der Waals surface area contributed by atoms with Crippen molar-refractivity contribution in [2.24, 2.45) is 5.10 Å². The molecule has 3 rings (SSSR count). The summed E-state index contributed by atoms with van der Waals surface area (Å²) in [5.41, 5.74) is 8.01. The summed E-state index contributed by atoms with van der Waals surface area (Å²) < 4.78 is 5.47. The van der Waals surface area contributed by atoms with Crippen molar-refractivity contribution < 1.29 is 4.74 Å². The van der Waals surface area contributed by atoms with Gasteiger partial charge in [0.25, 0.3) is 0 Å². The monoisotopic (exact) mass is 360 g/mol. The molecule has 0 saturated carbocycles. The molecule has 1 N–H and O–H groups in total. The summed E-state index contributed by atoms with van der Waals surface area (Å²) in [5, 5.41) is 4.49. The first-order valence-electron chi connectivity index (χ1n) is 8.99. The predicted octanol–water partition coefficient (Wildman–Crippen LogP) is 4.86. The highest BCUT2D eigenvalue weighted by atomic mass is 16.5. The predicted molar refractivity (Wildman–Crippen MR) is 110 cm³/mol. The molecule has 0 amide bonds. The fourth-order valence-corrected chi connectivity index (χ4v) is 2.71. The second-order valence-corrected chi connectivity index (χ2v) is 6.28. The molecule has 0 aliphatic carbocycles. The molecule has 1 heterocycles. The third-order valence-corrected chi connectivity index (χ3v) is 4.28. The molecular formula is C22H24N4O. The smallest absolute Gasteiger partial charge is 0.150 e. The number of anilines is 1. The molecule has 0 radical (unpaired) electrons. The zero-order valence-corrected chi connectivity index (χ0v) is 16.2. The first-order valence-corrected chi connectivity index (χ1v) is 8.99. The molecule has 0 spiro atoms. The first kappa shape index (κ1) is 18.6. The van der Waals surface area contributed by atoms with Gasteiger partial charge in [0.1, 0.15) is 11.6 Å². The Kier molecular flexibility index (Phi) is 5.81. The van der Waals surface area contributed by atoms with E-state index in [0.29, 0.717) is 5.82 Å². The Labute approximate surface area is 160 Å². The molecule has 2 aromatic carbocycles. The molecule has 0 aliphatic rings. The Balaban J connectivity index is 1.92. The van der Waals surface area contributed by atoms with Gasteiger partial charge in [0.2, 0.25) is 0 Å². The van der Waals surface area contributed by atoms with Gasteiger partial charge >= 0.3 is 0 Å². The van der Waals surface area contributed by atoms with Gasteiger partial charge in [0.05, 0.1) is 18.5 Å². The average molecular weight is 360 g/mol. The van der Waals surface area contributed by atoms with Gasteiger partial charge in [0, 0.05) is 18.1 Å². The zero-order chi connectivity index (χ0) is 19.2. The summed E-state index contributed by atoms with van der Waals surface area (Å²) in [5.74, 6) is 2.20. The maximum absolute atomic E-state index is 5.47. The number of nitrogens with one attached hydrogen (secondary N) is 1. The summed E-state index contributed by atoms with van der Waals surface area (Å²) in [6.07, 6.45) is 0.734. The van der Waals surface area contributed by atoms with E-state index < -0.39 is 0 Å². The van der Waals surface area contributed by atoms with Crippen molar-refractivity contribution in [1.29, 1.82) is 0 Å². The maximum atomic E-state index is 5.47. The fourth-order valence-electron chi connectivity index (χ4n) is 2.71. The van der Waals surface area contributed by atoms with Crippen molar-refractivity contribution >= 4 is 11.5 Å². The summed E-state index contributed by atoms with van der Waals surface area (Å²) in [6, 6.07) is 18.0. The molecule has 0 bridgehead atoms. The first-order chi connectivity index (χ1) is 13.1. The lowest BCUT2D eigenvalue weighted by atomic mass is 10.1. The maximum Gasteiger partial charge on any atom is 0.150 e. The topological polar surface area (TPSA) is 59.4 Å². The Morgan fingerprint density at radius 3 is 2.52 bits per heavy atom. The highest BCUT2D eigenvalue weighted by molar-refractivity contribution is 5.99. The van der Waals surface area contributed by atoms with Crippen molar-refractivity contribution in [3.05, 3.63) is 71.5 Å². The minimum Gasteiger partial charge on any atom is -0.496 e. The number of ether oxygens (including phenoxy) is 1. The number of methoxy groups -OCH3 is 1. The third kappa shape index (κ3) is 4.50. The van der Waals surface area contributed by atoms with E-state index in [4.69, 9.17) is 4.74 Å². The normalized spacial score (nSPS) is 11.3. The van der Waals surface area contributed by atoms with Crippen LogP contribution < -0.4 is 10.2 Å². The van der Waals surface area contributed by atoms with E-state index in [1.807, 2.05) is 44.2 Å². The summed E-state index contributed by atoms with van der Waals surface area (Å²) in [6.45, 7) is 6.08. The SMILES string of the molecule is CCc1nc(N/N=C(\C)c2ccc(C)cc2)cc(-c2ccccc2OC)n1. The van der Waals surface area contributed by atoms with Crippen molar-refractivity contribution in [2.75, 3.05) is 12.5 Å². The standard InChI is InChI=1S/C22H24N4O/c1-5-21-23-19(18-8-6-7-9-20(18)27-4)14-22(24-21)26-25-16(3)17-12-10-15(2)11-13-17/h6-14H,5H2,1-4H3,(H,23,24,26)/b25-16+. The molecule has 3 aromatic rings. The molecule has 0 unspecified atom stereocenters. The highest BCUT2D eigenvalue weighted by Crippen LogP contribution is 2.29. The largest absolute Gasteiger partial charge is 0.496 e. The van der Waals surface area contributed by atoms with Gasteiger partial charge < -0.3 is 4.74 Å². The Morgan fingerprint density at radius 1 is 1.07 bits per heavy atom. The van der Waals surface area contributed by atoms with E-state index in [1.165, 1.54) is 5.56 Å². The highest BCUT2D eigenvalue weighted by Gasteiger charge is 2.10.